The third kappa shape index (κ3) is 4.88. The molecule has 168 valence electrons. The highest BCUT2D eigenvalue weighted by atomic mass is 32.2. The molecule has 0 heterocycles. The number of halogens is 2. The number of hydrogen-bond acceptors (Lipinski definition) is 4. The third-order valence-electron chi connectivity index (χ3n) is 4.97. The number of rotatable bonds is 7. The van der Waals surface area contributed by atoms with E-state index in [4.69, 9.17) is 4.74 Å². The number of amides is 1. The molecule has 9 heteroatoms. The lowest BCUT2D eigenvalue weighted by atomic mass is 10.1. The second-order valence-corrected chi connectivity index (χ2v) is 9.03. The third-order valence-corrected chi connectivity index (χ3v) is 6.75. The lowest BCUT2D eigenvalue weighted by Crippen LogP contribution is -2.29. The van der Waals surface area contributed by atoms with Crippen molar-refractivity contribution in [2.24, 2.45) is 0 Å². The highest BCUT2D eigenvalue weighted by molar-refractivity contribution is 7.92. The maximum Gasteiger partial charge on any atom is 0.264 e. The molecule has 0 aliphatic heterocycles. The average molecular weight is 461 g/mol. The molecule has 6 nitrogen and oxygen atoms in total. The molecular weight excluding hydrogens is 438 g/mol. The highest BCUT2D eigenvalue weighted by Crippen LogP contribution is 2.25. The molecule has 0 saturated carbocycles. The maximum absolute atomic E-state index is 14.0. The number of hydrogen-bond donors (Lipinski definition) is 1. The fourth-order valence-electron chi connectivity index (χ4n) is 3.10. The van der Waals surface area contributed by atoms with Crippen LogP contribution in [-0.4, -0.2) is 28.5 Å². The van der Waals surface area contributed by atoms with Gasteiger partial charge in [0.05, 0.1) is 23.7 Å². The number of nitrogens with one attached hydrogen (secondary N) is 1. The van der Waals surface area contributed by atoms with Gasteiger partial charge in [-0.05, 0) is 55.5 Å². The molecule has 1 atom stereocenters. The summed E-state index contributed by atoms with van der Waals surface area (Å²) in [7, 11) is -1.03. The van der Waals surface area contributed by atoms with Gasteiger partial charge >= 0.3 is 0 Å². The molecule has 0 aliphatic carbocycles. The Balaban J connectivity index is 1.82. The first-order valence-corrected chi connectivity index (χ1v) is 11.1. The van der Waals surface area contributed by atoms with Crippen LogP contribution in [-0.2, 0) is 10.0 Å². The van der Waals surface area contributed by atoms with Gasteiger partial charge in [0.1, 0.15) is 17.4 Å². The molecule has 1 N–H and O–H groups in total. The molecular formula is C23H22F2N2O4S. The fraction of sp³-hybridized carbons (Fsp3) is 0.174. The van der Waals surface area contributed by atoms with Gasteiger partial charge in [-0.2, -0.15) is 0 Å². The predicted octanol–water partition coefficient (Wildman–Crippen LogP) is 4.29. The van der Waals surface area contributed by atoms with Crippen LogP contribution in [0.3, 0.4) is 0 Å². The normalized spacial score (nSPS) is 12.2. The summed E-state index contributed by atoms with van der Waals surface area (Å²) in [6, 6.07) is 14.4. The summed E-state index contributed by atoms with van der Waals surface area (Å²) in [6.45, 7) is 1.55. The van der Waals surface area contributed by atoms with E-state index in [0.29, 0.717) is 11.4 Å². The van der Waals surface area contributed by atoms with Crippen molar-refractivity contribution < 1.29 is 26.7 Å². The summed E-state index contributed by atoms with van der Waals surface area (Å²) in [5.74, 6) is -1.51. The number of sulfonamides is 1. The van der Waals surface area contributed by atoms with Crippen LogP contribution >= 0.6 is 0 Å². The zero-order valence-electron chi connectivity index (χ0n) is 17.7. The van der Waals surface area contributed by atoms with Crippen LogP contribution in [0.15, 0.2) is 71.6 Å². The first kappa shape index (κ1) is 23.2. The minimum atomic E-state index is -3.95. The van der Waals surface area contributed by atoms with E-state index in [1.807, 2.05) is 0 Å². The molecule has 0 aromatic heterocycles. The van der Waals surface area contributed by atoms with Gasteiger partial charge in [-0.1, -0.05) is 12.1 Å². The summed E-state index contributed by atoms with van der Waals surface area (Å²) in [5.41, 5.74) is 0.618. The Morgan fingerprint density at radius 2 is 1.72 bits per heavy atom. The van der Waals surface area contributed by atoms with E-state index in [-0.39, 0.29) is 16.0 Å². The number of carbonyl (C=O) groups excluding carboxylic acids is 1. The lowest BCUT2D eigenvalue weighted by Gasteiger charge is -2.20. The van der Waals surface area contributed by atoms with Crippen molar-refractivity contribution in [3.05, 3.63) is 89.5 Å². The summed E-state index contributed by atoms with van der Waals surface area (Å²) in [4.78, 5) is 12.6. The SMILES string of the molecule is COc1ccc(N(C)S(=O)(=O)c2cccc(C(=O)NC(C)c3ccc(F)cc3F)c2)cc1. The van der Waals surface area contributed by atoms with Crippen molar-refractivity contribution in [1.82, 2.24) is 5.32 Å². The number of nitrogens with zero attached hydrogens (tertiary/aromatic N) is 1. The number of anilines is 1. The van der Waals surface area contributed by atoms with Crippen molar-refractivity contribution in [1.29, 1.82) is 0 Å². The molecule has 1 unspecified atom stereocenters. The van der Waals surface area contributed by atoms with E-state index >= 15 is 0 Å². The topological polar surface area (TPSA) is 75.7 Å². The largest absolute Gasteiger partial charge is 0.497 e. The van der Waals surface area contributed by atoms with Crippen LogP contribution in [0.1, 0.15) is 28.9 Å². The Labute approximate surface area is 185 Å². The van der Waals surface area contributed by atoms with E-state index in [1.165, 1.54) is 44.5 Å². The molecule has 1 amide bonds. The van der Waals surface area contributed by atoms with Crippen molar-refractivity contribution >= 4 is 21.6 Å². The Hall–Kier alpha value is -3.46. The molecule has 0 bridgehead atoms. The smallest absolute Gasteiger partial charge is 0.264 e. The number of ether oxygens (including phenoxy) is 1. The number of methoxy groups -OCH3 is 1. The van der Waals surface area contributed by atoms with Crippen LogP contribution in [0.4, 0.5) is 14.5 Å². The fourth-order valence-corrected chi connectivity index (χ4v) is 4.34. The molecule has 0 spiro atoms. The quantitative estimate of drug-likeness (QED) is 0.571. The minimum Gasteiger partial charge on any atom is -0.497 e. The van der Waals surface area contributed by atoms with Gasteiger partial charge in [-0.3, -0.25) is 9.10 Å². The second kappa shape index (κ2) is 9.35. The van der Waals surface area contributed by atoms with Crippen molar-refractivity contribution in [2.45, 2.75) is 17.9 Å². The van der Waals surface area contributed by atoms with Gasteiger partial charge in [0, 0.05) is 24.2 Å². The molecule has 0 fully saturated rings. The van der Waals surface area contributed by atoms with E-state index < -0.39 is 33.6 Å². The van der Waals surface area contributed by atoms with Gasteiger partial charge in [-0.15, -0.1) is 0 Å². The van der Waals surface area contributed by atoms with Crippen LogP contribution in [0.25, 0.3) is 0 Å². The Morgan fingerprint density at radius 3 is 2.34 bits per heavy atom. The van der Waals surface area contributed by atoms with E-state index in [2.05, 4.69) is 5.32 Å². The van der Waals surface area contributed by atoms with E-state index in [9.17, 15) is 22.0 Å². The van der Waals surface area contributed by atoms with Gasteiger partial charge < -0.3 is 10.1 Å². The summed E-state index contributed by atoms with van der Waals surface area (Å²) in [5, 5.41) is 2.60. The zero-order valence-corrected chi connectivity index (χ0v) is 18.5. The Morgan fingerprint density at radius 1 is 1.03 bits per heavy atom. The van der Waals surface area contributed by atoms with Crippen molar-refractivity contribution in [3.8, 4) is 5.75 Å². The number of benzene rings is 3. The van der Waals surface area contributed by atoms with Gasteiger partial charge in [0.15, 0.2) is 0 Å². The lowest BCUT2D eigenvalue weighted by molar-refractivity contribution is 0.0939. The number of carbonyl (C=O) groups is 1. The molecule has 3 aromatic rings. The predicted molar refractivity (Wildman–Crippen MR) is 117 cm³/mol. The van der Waals surface area contributed by atoms with Gasteiger partial charge in [0.2, 0.25) is 0 Å². The zero-order chi connectivity index (χ0) is 23.5. The summed E-state index contributed by atoms with van der Waals surface area (Å²) >= 11 is 0. The standard InChI is InChI=1S/C23H22F2N2O4S/c1-15(21-12-7-17(24)14-22(21)25)26-23(28)16-5-4-6-20(13-16)32(29,30)27(2)18-8-10-19(31-3)11-9-18/h4-15H,1-3H3,(H,26,28). The first-order valence-electron chi connectivity index (χ1n) is 9.62. The summed E-state index contributed by atoms with van der Waals surface area (Å²) < 4.78 is 59.4. The molecule has 0 aliphatic rings. The van der Waals surface area contributed by atoms with Gasteiger partial charge in [0.25, 0.3) is 15.9 Å². The van der Waals surface area contributed by atoms with Crippen LogP contribution in [0, 0.1) is 11.6 Å². The van der Waals surface area contributed by atoms with Crippen LogP contribution in [0.5, 0.6) is 5.75 Å². The van der Waals surface area contributed by atoms with E-state index in [1.54, 1.807) is 31.2 Å². The van der Waals surface area contributed by atoms with Crippen LogP contribution in [0.2, 0.25) is 0 Å². The molecule has 32 heavy (non-hydrogen) atoms. The summed E-state index contributed by atoms with van der Waals surface area (Å²) in [6.07, 6.45) is 0. The van der Waals surface area contributed by atoms with Crippen molar-refractivity contribution in [3.63, 3.8) is 0 Å². The Kier molecular flexibility index (Phi) is 6.78. The van der Waals surface area contributed by atoms with Crippen LogP contribution < -0.4 is 14.4 Å². The molecule has 0 radical (unpaired) electrons. The van der Waals surface area contributed by atoms with Gasteiger partial charge in [-0.25, -0.2) is 17.2 Å². The second-order valence-electron chi connectivity index (χ2n) is 7.06. The average Bonchev–Trinajstić information content (AvgIpc) is 2.78. The molecule has 3 rings (SSSR count). The maximum atomic E-state index is 14.0. The van der Waals surface area contributed by atoms with Crippen molar-refractivity contribution in [2.75, 3.05) is 18.5 Å². The highest BCUT2D eigenvalue weighted by Gasteiger charge is 2.23. The first-order chi connectivity index (χ1) is 15.1. The molecule has 0 saturated heterocycles. The monoisotopic (exact) mass is 460 g/mol. The molecule has 3 aromatic carbocycles. The Bertz CT molecular complexity index is 1230. The van der Waals surface area contributed by atoms with E-state index in [0.717, 1.165) is 16.4 Å². The minimum absolute atomic E-state index is 0.0796.